The summed E-state index contributed by atoms with van der Waals surface area (Å²) < 4.78 is 33.6. The second kappa shape index (κ2) is 52.2. The van der Waals surface area contributed by atoms with E-state index >= 15 is 0 Å². The molecule has 0 heterocycles. The minimum atomic E-state index is -4.29. The van der Waals surface area contributed by atoms with Gasteiger partial charge in [0, 0.05) is 19.6 Å². The summed E-state index contributed by atoms with van der Waals surface area (Å²) in [5, 5.41) is 0. The molecule has 374 valence electrons. The Balaban J connectivity index is 3.92. The van der Waals surface area contributed by atoms with Crippen molar-refractivity contribution in [3.8, 4) is 0 Å². The molecule has 9 heteroatoms. The number of unbranched alkanes of at least 4 members (excludes halogenated alkanes) is 28. The van der Waals surface area contributed by atoms with Gasteiger partial charge in [0.05, 0.1) is 19.8 Å². The standard InChI is InChI=1S/C55H102NO7P/c1-3-5-7-9-11-13-15-17-19-21-23-25-26-27-29-31-33-35-37-39-41-43-45-47-50-60-52-54(53-62-64(58,59)61-51-49-56)63-55(57)48-46-44-42-40-38-36-34-32-30-28-24-22-20-18-16-14-12-10-8-6-4-2/h6,8,12,14,18,20-21,23-24,28,54H,3-5,7,9-11,13,15-17,19,22,25-27,29-53,56H2,1-2H3,(H,58,59)/b8-6-,14-12-,20-18-,23-21-,28-24-. The molecule has 0 spiro atoms. The molecule has 0 rings (SSSR count). The molecule has 0 aromatic carbocycles. The number of ether oxygens (including phenoxy) is 2. The summed E-state index contributed by atoms with van der Waals surface area (Å²) in [7, 11) is -4.29. The lowest BCUT2D eigenvalue weighted by atomic mass is 10.0. The van der Waals surface area contributed by atoms with E-state index in [-0.39, 0.29) is 32.3 Å². The molecule has 0 bridgehead atoms. The van der Waals surface area contributed by atoms with Gasteiger partial charge in [-0.3, -0.25) is 13.8 Å². The van der Waals surface area contributed by atoms with E-state index in [9.17, 15) is 14.3 Å². The summed E-state index contributed by atoms with van der Waals surface area (Å²) in [6, 6.07) is 0. The molecule has 0 aliphatic carbocycles. The first-order valence-electron chi connectivity index (χ1n) is 26.8. The van der Waals surface area contributed by atoms with E-state index < -0.39 is 13.9 Å². The lowest BCUT2D eigenvalue weighted by Gasteiger charge is -2.20. The Morgan fingerprint density at radius 3 is 1.33 bits per heavy atom. The van der Waals surface area contributed by atoms with Gasteiger partial charge in [-0.25, -0.2) is 4.57 Å². The van der Waals surface area contributed by atoms with Crippen LogP contribution in [-0.4, -0.2) is 49.9 Å². The highest BCUT2D eigenvalue weighted by atomic mass is 31.2. The number of nitrogens with two attached hydrogens (primary N) is 1. The van der Waals surface area contributed by atoms with Crippen LogP contribution in [0.25, 0.3) is 0 Å². The maximum absolute atomic E-state index is 12.7. The van der Waals surface area contributed by atoms with E-state index in [0.29, 0.717) is 13.0 Å². The highest BCUT2D eigenvalue weighted by molar-refractivity contribution is 7.47. The van der Waals surface area contributed by atoms with E-state index in [0.717, 1.165) is 64.2 Å². The number of hydrogen-bond donors (Lipinski definition) is 2. The number of phosphoric acid groups is 1. The van der Waals surface area contributed by atoms with Crippen molar-refractivity contribution in [3.63, 3.8) is 0 Å². The van der Waals surface area contributed by atoms with Crippen molar-refractivity contribution < 1.29 is 32.8 Å². The van der Waals surface area contributed by atoms with Crippen LogP contribution in [0.15, 0.2) is 60.8 Å². The minimum Gasteiger partial charge on any atom is -0.457 e. The van der Waals surface area contributed by atoms with Crippen LogP contribution in [-0.2, 0) is 27.9 Å². The van der Waals surface area contributed by atoms with Crippen LogP contribution in [0.2, 0.25) is 0 Å². The van der Waals surface area contributed by atoms with Gasteiger partial charge in [-0.2, -0.15) is 0 Å². The highest BCUT2D eigenvalue weighted by Gasteiger charge is 2.25. The molecular weight excluding hydrogens is 818 g/mol. The van der Waals surface area contributed by atoms with Gasteiger partial charge >= 0.3 is 13.8 Å². The summed E-state index contributed by atoms with van der Waals surface area (Å²) in [6.45, 7) is 4.83. The molecular formula is C55H102NO7P. The van der Waals surface area contributed by atoms with Gasteiger partial charge in [0.2, 0.25) is 0 Å². The summed E-state index contributed by atoms with van der Waals surface area (Å²) in [4.78, 5) is 22.6. The van der Waals surface area contributed by atoms with Crippen LogP contribution in [0, 0.1) is 0 Å². The molecule has 0 radical (unpaired) electrons. The molecule has 0 aromatic heterocycles. The summed E-state index contributed by atoms with van der Waals surface area (Å²) in [5.41, 5.74) is 5.39. The molecule has 0 saturated heterocycles. The third-order valence-corrected chi connectivity index (χ3v) is 12.4. The fourth-order valence-corrected chi connectivity index (χ4v) is 8.28. The number of carbonyl (C=O) groups is 1. The molecule has 2 atom stereocenters. The van der Waals surface area contributed by atoms with Crippen molar-refractivity contribution >= 4 is 13.8 Å². The Morgan fingerprint density at radius 1 is 0.484 bits per heavy atom. The quantitative estimate of drug-likeness (QED) is 0.0268. The second-order valence-corrected chi connectivity index (χ2v) is 19.2. The third kappa shape index (κ3) is 51.2. The average Bonchev–Trinajstić information content (AvgIpc) is 3.29. The second-order valence-electron chi connectivity index (χ2n) is 17.7. The Labute approximate surface area is 395 Å². The number of esters is 1. The Morgan fingerprint density at radius 2 is 0.875 bits per heavy atom. The molecule has 64 heavy (non-hydrogen) atoms. The van der Waals surface area contributed by atoms with Crippen molar-refractivity contribution in [2.75, 3.05) is 33.0 Å². The molecule has 0 amide bonds. The predicted octanol–water partition coefficient (Wildman–Crippen LogP) is 16.9. The highest BCUT2D eigenvalue weighted by Crippen LogP contribution is 2.43. The maximum atomic E-state index is 12.7. The number of hydrogen-bond acceptors (Lipinski definition) is 7. The first-order valence-corrected chi connectivity index (χ1v) is 28.3. The van der Waals surface area contributed by atoms with Crippen molar-refractivity contribution in [2.24, 2.45) is 5.73 Å². The molecule has 3 N–H and O–H groups in total. The predicted molar refractivity (Wildman–Crippen MR) is 275 cm³/mol. The maximum Gasteiger partial charge on any atom is 0.472 e. The van der Waals surface area contributed by atoms with E-state index in [1.807, 2.05) is 0 Å². The van der Waals surface area contributed by atoms with Crippen molar-refractivity contribution in [3.05, 3.63) is 60.8 Å². The number of phosphoric ester groups is 1. The SMILES string of the molecule is CC/C=C\C/C=C\C/C=C\C/C=C\CCCCCCCCCCC(=O)OC(COCCCCCCCCCCCCCC/C=C\CCCCCCCCCC)COP(=O)(O)OCCN. The van der Waals surface area contributed by atoms with Crippen LogP contribution < -0.4 is 5.73 Å². The van der Waals surface area contributed by atoms with E-state index in [2.05, 4.69) is 74.6 Å². The Kier molecular flexibility index (Phi) is 50.7. The van der Waals surface area contributed by atoms with Gasteiger partial charge < -0.3 is 20.1 Å². The lowest BCUT2D eigenvalue weighted by molar-refractivity contribution is -0.154. The van der Waals surface area contributed by atoms with Gasteiger partial charge in [0.1, 0.15) is 6.10 Å². The van der Waals surface area contributed by atoms with Crippen molar-refractivity contribution in [2.45, 2.75) is 251 Å². The van der Waals surface area contributed by atoms with Crippen LogP contribution in [0.4, 0.5) is 0 Å². The molecule has 0 aliphatic heterocycles. The third-order valence-electron chi connectivity index (χ3n) is 11.4. The van der Waals surface area contributed by atoms with Crippen molar-refractivity contribution in [1.82, 2.24) is 0 Å². The van der Waals surface area contributed by atoms with E-state index in [4.69, 9.17) is 24.3 Å². The number of rotatable bonds is 51. The normalized spacial score (nSPS) is 13.8. The summed E-state index contributed by atoms with van der Waals surface area (Å²) >= 11 is 0. The largest absolute Gasteiger partial charge is 0.472 e. The monoisotopic (exact) mass is 920 g/mol. The van der Waals surface area contributed by atoms with Gasteiger partial charge in [0.25, 0.3) is 0 Å². The molecule has 2 unspecified atom stereocenters. The fourth-order valence-electron chi connectivity index (χ4n) is 7.51. The molecule has 8 nitrogen and oxygen atoms in total. The minimum absolute atomic E-state index is 0.0972. The zero-order chi connectivity index (χ0) is 46.5. The topological polar surface area (TPSA) is 117 Å². The van der Waals surface area contributed by atoms with Gasteiger partial charge in [-0.1, -0.05) is 222 Å². The number of carbonyl (C=O) groups excluding carboxylic acids is 1. The van der Waals surface area contributed by atoms with Crippen LogP contribution in [0.3, 0.4) is 0 Å². The number of allylic oxidation sites excluding steroid dienone is 10. The molecule has 0 saturated carbocycles. The van der Waals surface area contributed by atoms with Crippen LogP contribution in [0.1, 0.15) is 245 Å². The molecule has 0 fully saturated rings. The molecule has 0 aliphatic rings. The van der Waals surface area contributed by atoms with Crippen molar-refractivity contribution in [1.29, 1.82) is 0 Å². The van der Waals surface area contributed by atoms with Crippen LogP contribution in [0.5, 0.6) is 0 Å². The van der Waals surface area contributed by atoms with Crippen LogP contribution >= 0.6 is 7.82 Å². The van der Waals surface area contributed by atoms with E-state index in [1.165, 1.54) is 161 Å². The summed E-state index contributed by atoms with van der Waals surface area (Å²) in [6.07, 6.45) is 65.5. The van der Waals surface area contributed by atoms with Gasteiger partial charge in [-0.15, -0.1) is 0 Å². The zero-order valence-corrected chi connectivity index (χ0v) is 42.7. The Bertz CT molecular complexity index is 1170. The first-order chi connectivity index (χ1) is 31.4. The van der Waals surface area contributed by atoms with Gasteiger partial charge in [0.15, 0.2) is 0 Å². The summed E-state index contributed by atoms with van der Waals surface area (Å²) in [5.74, 6) is -0.337. The first kappa shape index (κ1) is 62.2. The average molecular weight is 920 g/mol. The zero-order valence-electron chi connectivity index (χ0n) is 41.8. The van der Waals surface area contributed by atoms with E-state index in [1.54, 1.807) is 0 Å². The fraction of sp³-hybridized carbons (Fsp3) is 0.800. The molecule has 0 aromatic rings. The lowest BCUT2D eigenvalue weighted by Crippen LogP contribution is -2.28. The smallest absolute Gasteiger partial charge is 0.457 e. The van der Waals surface area contributed by atoms with Gasteiger partial charge in [-0.05, 0) is 77.0 Å². The Hall–Kier alpha value is -1.80.